The first-order valence-electron chi connectivity index (χ1n) is 5.95. The first kappa shape index (κ1) is 13.6. The van der Waals surface area contributed by atoms with Crippen LogP contribution >= 0.6 is 11.8 Å². The Balaban J connectivity index is 1.79. The number of benzene rings is 1. The normalized spacial score (nSPS) is 10.5. The van der Waals surface area contributed by atoms with Crippen molar-refractivity contribution >= 4 is 17.7 Å². The summed E-state index contributed by atoms with van der Waals surface area (Å²) in [5.74, 6) is 0.982. The second kappa shape index (κ2) is 6.94. The predicted octanol–water partition coefficient (Wildman–Crippen LogP) is 2.77. The monoisotopic (exact) mass is 278 g/mol. The lowest BCUT2D eigenvalue weighted by molar-refractivity contribution is -0.137. The minimum absolute atomic E-state index is 0.122. The van der Waals surface area contributed by atoms with Crippen molar-refractivity contribution in [3.8, 4) is 0 Å². The quantitative estimate of drug-likeness (QED) is 0.785. The standard InChI is InChI=1S/C13H14N2O3S/c16-13(17)8-4-7-12-14-11(15-18-12)9-19-10-5-2-1-3-6-10/h1-3,5-6H,4,7-9H2,(H,16,17). The highest BCUT2D eigenvalue weighted by molar-refractivity contribution is 7.98. The number of carbonyl (C=O) groups is 1. The zero-order chi connectivity index (χ0) is 13.5. The molecule has 1 heterocycles. The minimum atomic E-state index is -0.806. The zero-order valence-electron chi connectivity index (χ0n) is 10.3. The van der Waals surface area contributed by atoms with Crippen molar-refractivity contribution in [2.75, 3.05) is 0 Å². The van der Waals surface area contributed by atoms with Crippen LogP contribution in [0.1, 0.15) is 24.6 Å². The van der Waals surface area contributed by atoms with Gasteiger partial charge in [0.25, 0.3) is 0 Å². The van der Waals surface area contributed by atoms with Crippen LogP contribution in [0.15, 0.2) is 39.8 Å². The topological polar surface area (TPSA) is 76.2 Å². The molecule has 1 N–H and O–H groups in total. The van der Waals surface area contributed by atoms with E-state index < -0.39 is 5.97 Å². The molecule has 5 nitrogen and oxygen atoms in total. The fourth-order valence-corrected chi connectivity index (χ4v) is 2.27. The Morgan fingerprint density at radius 1 is 1.32 bits per heavy atom. The summed E-state index contributed by atoms with van der Waals surface area (Å²) in [7, 11) is 0. The van der Waals surface area contributed by atoms with Gasteiger partial charge in [-0.15, -0.1) is 11.8 Å². The van der Waals surface area contributed by atoms with Gasteiger partial charge >= 0.3 is 5.97 Å². The van der Waals surface area contributed by atoms with E-state index in [4.69, 9.17) is 9.63 Å². The van der Waals surface area contributed by atoms with E-state index in [1.54, 1.807) is 11.8 Å². The minimum Gasteiger partial charge on any atom is -0.481 e. The summed E-state index contributed by atoms with van der Waals surface area (Å²) in [5, 5.41) is 12.4. The van der Waals surface area contributed by atoms with Crippen LogP contribution in [-0.4, -0.2) is 21.2 Å². The summed E-state index contributed by atoms with van der Waals surface area (Å²) in [6, 6.07) is 9.99. The molecule has 0 saturated heterocycles. The van der Waals surface area contributed by atoms with E-state index in [9.17, 15) is 4.79 Å². The van der Waals surface area contributed by atoms with Crippen LogP contribution in [0.3, 0.4) is 0 Å². The van der Waals surface area contributed by atoms with Crippen molar-refractivity contribution in [1.82, 2.24) is 10.1 Å². The smallest absolute Gasteiger partial charge is 0.303 e. The number of hydrogen-bond donors (Lipinski definition) is 1. The Bertz CT molecular complexity index is 528. The molecule has 2 aromatic rings. The maximum Gasteiger partial charge on any atom is 0.303 e. The number of carboxylic acids is 1. The number of thioether (sulfide) groups is 1. The molecule has 0 unspecified atom stereocenters. The van der Waals surface area contributed by atoms with E-state index in [1.807, 2.05) is 30.3 Å². The van der Waals surface area contributed by atoms with Crippen molar-refractivity contribution < 1.29 is 14.4 Å². The fraction of sp³-hybridized carbons (Fsp3) is 0.308. The number of aryl methyl sites for hydroxylation is 1. The summed E-state index contributed by atoms with van der Waals surface area (Å²) in [6.07, 6.45) is 1.15. The molecule has 1 aromatic carbocycles. The summed E-state index contributed by atoms with van der Waals surface area (Å²) in [6.45, 7) is 0. The average Bonchev–Trinajstić information content (AvgIpc) is 2.85. The predicted molar refractivity (Wildman–Crippen MR) is 70.9 cm³/mol. The number of hydrogen-bond acceptors (Lipinski definition) is 5. The largest absolute Gasteiger partial charge is 0.481 e. The maximum absolute atomic E-state index is 10.4. The molecule has 0 spiro atoms. The lowest BCUT2D eigenvalue weighted by Gasteiger charge is -1.96. The van der Waals surface area contributed by atoms with Gasteiger partial charge in [-0.25, -0.2) is 0 Å². The van der Waals surface area contributed by atoms with E-state index in [1.165, 1.54) is 0 Å². The molecule has 100 valence electrons. The molecule has 0 radical (unpaired) electrons. The van der Waals surface area contributed by atoms with E-state index in [0.29, 0.717) is 30.3 Å². The van der Waals surface area contributed by atoms with Crippen molar-refractivity contribution in [3.05, 3.63) is 42.0 Å². The van der Waals surface area contributed by atoms with Crippen LogP contribution in [0.25, 0.3) is 0 Å². The van der Waals surface area contributed by atoms with Crippen LogP contribution in [-0.2, 0) is 17.0 Å². The molecule has 19 heavy (non-hydrogen) atoms. The van der Waals surface area contributed by atoms with Gasteiger partial charge in [-0.05, 0) is 18.6 Å². The van der Waals surface area contributed by atoms with Gasteiger partial charge in [0.05, 0.1) is 5.75 Å². The van der Waals surface area contributed by atoms with Crippen LogP contribution in [0.2, 0.25) is 0 Å². The van der Waals surface area contributed by atoms with Crippen molar-refractivity contribution in [2.45, 2.75) is 29.9 Å². The SMILES string of the molecule is O=C(O)CCCc1nc(CSc2ccccc2)no1. The molecule has 0 aliphatic carbocycles. The molecule has 0 aliphatic rings. The summed E-state index contributed by atoms with van der Waals surface area (Å²) >= 11 is 1.64. The third-order valence-corrected chi connectivity index (χ3v) is 3.41. The van der Waals surface area contributed by atoms with E-state index in [2.05, 4.69) is 10.1 Å². The van der Waals surface area contributed by atoms with Gasteiger partial charge in [-0.2, -0.15) is 4.98 Å². The van der Waals surface area contributed by atoms with Gasteiger partial charge in [-0.3, -0.25) is 4.79 Å². The highest BCUT2D eigenvalue weighted by Gasteiger charge is 2.07. The van der Waals surface area contributed by atoms with Crippen LogP contribution < -0.4 is 0 Å². The number of nitrogens with zero attached hydrogens (tertiary/aromatic N) is 2. The maximum atomic E-state index is 10.4. The molecule has 0 aliphatic heterocycles. The number of carboxylic acid groups (broad SMARTS) is 1. The number of rotatable bonds is 7. The van der Waals surface area contributed by atoms with Crippen molar-refractivity contribution in [2.24, 2.45) is 0 Å². The molecule has 0 bridgehead atoms. The Kier molecular flexibility index (Phi) is 4.97. The molecule has 0 saturated carbocycles. The fourth-order valence-electron chi connectivity index (χ4n) is 1.51. The van der Waals surface area contributed by atoms with Gasteiger partial charge in [0.15, 0.2) is 5.82 Å². The van der Waals surface area contributed by atoms with E-state index in [-0.39, 0.29) is 6.42 Å². The lowest BCUT2D eigenvalue weighted by atomic mass is 10.2. The molecular formula is C13H14N2O3S. The molecule has 0 atom stereocenters. The van der Waals surface area contributed by atoms with Crippen molar-refractivity contribution in [3.63, 3.8) is 0 Å². The Labute approximate surface area is 115 Å². The Morgan fingerprint density at radius 3 is 2.84 bits per heavy atom. The Morgan fingerprint density at radius 2 is 2.11 bits per heavy atom. The van der Waals surface area contributed by atoms with Gasteiger partial charge in [0.2, 0.25) is 5.89 Å². The van der Waals surface area contributed by atoms with E-state index >= 15 is 0 Å². The molecule has 6 heteroatoms. The van der Waals surface area contributed by atoms with Crippen LogP contribution in [0, 0.1) is 0 Å². The summed E-state index contributed by atoms with van der Waals surface area (Å²) in [4.78, 5) is 15.8. The van der Waals surface area contributed by atoms with Crippen LogP contribution in [0.4, 0.5) is 0 Å². The van der Waals surface area contributed by atoms with Gasteiger partial charge in [0, 0.05) is 17.7 Å². The van der Waals surface area contributed by atoms with Gasteiger partial charge in [0.1, 0.15) is 0 Å². The second-order valence-corrected chi connectivity index (χ2v) is 5.00. The number of aromatic nitrogens is 2. The van der Waals surface area contributed by atoms with Gasteiger partial charge in [-0.1, -0.05) is 23.4 Å². The highest BCUT2D eigenvalue weighted by Crippen LogP contribution is 2.20. The molecule has 2 rings (SSSR count). The number of aliphatic carboxylic acids is 1. The summed E-state index contributed by atoms with van der Waals surface area (Å²) < 4.78 is 5.07. The first-order chi connectivity index (χ1) is 9.24. The molecular weight excluding hydrogens is 264 g/mol. The molecule has 0 amide bonds. The first-order valence-corrected chi connectivity index (χ1v) is 6.93. The van der Waals surface area contributed by atoms with Crippen LogP contribution in [0.5, 0.6) is 0 Å². The zero-order valence-corrected chi connectivity index (χ0v) is 11.1. The van der Waals surface area contributed by atoms with Gasteiger partial charge < -0.3 is 9.63 Å². The third kappa shape index (κ3) is 4.75. The summed E-state index contributed by atoms with van der Waals surface area (Å²) in [5.41, 5.74) is 0. The third-order valence-electron chi connectivity index (χ3n) is 2.40. The highest BCUT2D eigenvalue weighted by atomic mass is 32.2. The van der Waals surface area contributed by atoms with Crippen molar-refractivity contribution in [1.29, 1.82) is 0 Å². The molecule has 1 aromatic heterocycles. The lowest BCUT2D eigenvalue weighted by Crippen LogP contribution is -1.96. The second-order valence-electron chi connectivity index (χ2n) is 3.95. The Hall–Kier alpha value is -1.82. The molecule has 0 fully saturated rings. The van der Waals surface area contributed by atoms with E-state index in [0.717, 1.165) is 4.90 Å². The average molecular weight is 278 g/mol.